The minimum Gasteiger partial charge on any atom is -0.336 e. The predicted octanol–water partition coefficient (Wildman–Crippen LogP) is 1.56. The van der Waals surface area contributed by atoms with Gasteiger partial charge >= 0.3 is 0 Å². The number of hydrogen-bond acceptors (Lipinski definition) is 3. The van der Waals surface area contributed by atoms with E-state index < -0.39 is 0 Å². The molecule has 0 bridgehead atoms. The summed E-state index contributed by atoms with van der Waals surface area (Å²) in [7, 11) is 2.18. The summed E-state index contributed by atoms with van der Waals surface area (Å²) in [6.45, 7) is 2.99. The average Bonchev–Trinajstić information content (AvgIpc) is 2.66. The van der Waals surface area contributed by atoms with E-state index in [0.717, 1.165) is 17.0 Å². The van der Waals surface area contributed by atoms with Crippen LogP contribution in [-0.4, -0.2) is 41.5 Å². The Bertz CT molecular complexity index is 338. The van der Waals surface area contributed by atoms with Crippen LogP contribution in [0.25, 0.3) is 0 Å². The molecule has 16 heavy (non-hydrogen) atoms. The van der Waals surface area contributed by atoms with Crippen molar-refractivity contribution in [3.8, 4) is 0 Å². The Kier molecular flexibility index (Phi) is 4.00. The third kappa shape index (κ3) is 2.64. The number of nitrogens with one attached hydrogen (secondary N) is 1. The normalized spacial score (nSPS) is 24.6. The maximum absolute atomic E-state index is 5.90. The molecule has 0 amide bonds. The highest BCUT2D eigenvalue weighted by atomic mass is 79.9. The van der Waals surface area contributed by atoms with E-state index >= 15 is 0 Å². The van der Waals surface area contributed by atoms with Crippen molar-refractivity contribution in [3.05, 3.63) is 16.6 Å². The second kappa shape index (κ2) is 5.29. The van der Waals surface area contributed by atoms with E-state index in [1.165, 1.54) is 19.4 Å². The minimum atomic E-state index is 0.356. The summed E-state index contributed by atoms with van der Waals surface area (Å²) in [5.41, 5.74) is 5.90. The number of rotatable bonds is 3. The number of imidazole rings is 1. The van der Waals surface area contributed by atoms with Crippen LogP contribution >= 0.6 is 15.9 Å². The van der Waals surface area contributed by atoms with Gasteiger partial charge in [-0.3, -0.25) is 0 Å². The Morgan fingerprint density at radius 3 is 3.12 bits per heavy atom. The lowest BCUT2D eigenvalue weighted by Crippen LogP contribution is -2.37. The van der Waals surface area contributed by atoms with Gasteiger partial charge in [0.15, 0.2) is 0 Å². The molecular weight excluding hydrogens is 268 g/mol. The summed E-state index contributed by atoms with van der Waals surface area (Å²) < 4.78 is 0.935. The molecular formula is C11H19BrN4. The number of nitrogens with two attached hydrogens (primary N) is 1. The van der Waals surface area contributed by atoms with Crippen LogP contribution in [-0.2, 0) is 0 Å². The van der Waals surface area contributed by atoms with Crippen molar-refractivity contribution >= 4 is 15.9 Å². The molecule has 3 N–H and O–H groups in total. The molecule has 5 heteroatoms. The van der Waals surface area contributed by atoms with Gasteiger partial charge in [-0.15, -0.1) is 0 Å². The summed E-state index contributed by atoms with van der Waals surface area (Å²) in [6, 6.07) is 0. The van der Waals surface area contributed by atoms with E-state index in [0.29, 0.717) is 18.4 Å². The minimum absolute atomic E-state index is 0.356. The first-order valence-electron chi connectivity index (χ1n) is 5.79. The number of hydrogen-bond donors (Lipinski definition) is 2. The van der Waals surface area contributed by atoms with Gasteiger partial charge < -0.3 is 15.6 Å². The zero-order chi connectivity index (χ0) is 11.5. The Morgan fingerprint density at radius 1 is 1.75 bits per heavy atom. The Hall–Kier alpha value is -0.390. The zero-order valence-corrected chi connectivity index (χ0v) is 11.2. The molecule has 1 aliphatic rings. The molecule has 1 aromatic rings. The number of aromatic nitrogens is 2. The lowest BCUT2D eigenvalue weighted by atomic mass is 9.85. The summed E-state index contributed by atoms with van der Waals surface area (Å²) in [5.74, 6) is 2.01. The van der Waals surface area contributed by atoms with Crippen molar-refractivity contribution in [3.63, 3.8) is 0 Å². The predicted molar refractivity (Wildman–Crippen MR) is 68.3 cm³/mol. The molecule has 1 fully saturated rings. The first-order valence-corrected chi connectivity index (χ1v) is 6.59. The largest absolute Gasteiger partial charge is 0.336 e. The molecule has 2 rings (SSSR count). The van der Waals surface area contributed by atoms with Gasteiger partial charge in [-0.1, -0.05) is 0 Å². The van der Waals surface area contributed by atoms with Crippen LogP contribution in [0.4, 0.5) is 0 Å². The van der Waals surface area contributed by atoms with Gasteiger partial charge in [0.05, 0.1) is 6.20 Å². The number of piperidine rings is 1. The Morgan fingerprint density at radius 2 is 2.56 bits per heavy atom. The van der Waals surface area contributed by atoms with E-state index in [1.54, 1.807) is 0 Å². The molecule has 1 saturated heterocycles. The number of halogens is 1. The molecule has 0 saturated carbocycles. The van der Waals surface area contributed by atoms with Gasteiger partial charge in [0.25, 0.3) is 0 Å². The van der Waals surface area contributed by atoms with E-state index in [1.807, 2.05) is 6.20 Å². The highest BCUT2D eigenvalue weighted by Gasteiger charge is 2.27. The second-order valence-electron chi connectivity index (χ2n) is 4.62. The molecule has 0 radical (unpaired) electrons. The molecule has 0 spiro atoms. The molecule has 90 valence electrons. The van der Waals surface area contributed by atoms with E-state index in [-0.39, 0.29) is 0 Å². The number of aromatic amines is 1. The van der Waals surface area contributed by atoms with Crippen LogP contribution in [0, 0.1) is 5.92 Å². The van der Waals surface area contributed by atoms with Crippen LogP contribution in [0.5, 0.6) is 0 Å². The highest BCUT2D eigenvalue weighted by molar-refractivity contribution is 9.10. The van der Waals surface area contributed by atoms with E-state index in [2.05, 4.69) is 37.8 Å². The third-order valence-corrected chi connectivity index (χ3v) is 3.80. The van der Waals surface area contributed by atoms with Gasteiger partial charge in [-0.05, 0) is 48.3 Å². The van der Waals surface area contributed by atoms with Crippen LogP contribution < -0.4 is 5.73 Å². The number of likely N-dealkylation sites (tertiary alicyclic amines) is 1. The fraction of sp³-hybridized carbons (Fsp3) is 0.727. The van der Waals surface area contributed by atoms with Crippen LogP contribution in [0.3, 0.4) is 0 Å². The van der Waals surface area contributed by atoms with Gasteiger partial charge in [-0.25, -0.2) is 4.98 Å². The van der Waals surface area contributed by atoms with Crippen molar-refractivity contribution in [2.75, 3.05) is 26.7 Å². The van der Waals surface area contributed by atoms with Gasteiger partial charge in [0.1, 0.15) is 10.4 Å². The first-order chi connectivity index (χ1) is 7.70. The molecule has 1 aliphatic heterocycles. The van der Waals surface area contributed by atoms with Crippen LogP contribution in [0.1, 0.15) is 24.6 Å². The lowest BCUT2D eigenvalue weighted by Gasteiger charge is -2.33. The maximum atomic E-state index is 5.90. The summed E-state index contributed by atoms with van der Waals surface area (Å²) in [5, 5.41) is 0. The summed E-state index contributed by atoms with van der Waals surface area (Å²) >= 11 is 3.40. The van der Waals surface area contributed by atoms with Gasteiger partial charge in [0, 0.05) is 19.0 Å². The third-order valence-electron chi connectivity index (χ3n) is 3.40. The standard InChI is InChI=1S/C11H19BrN4/c1-16-4-2-3-8(7-16)9(5-13)11-14-6-10(12)15-11/h6,8-9H,2-5,7,13H2,1H3,(H,14,15). The topological polar surface area (TPSA) is 57.9 Å². The second-order valence-corrected chi connectivity index (χ2v) is 5.48. The molecule has 2 unspecified atom stereocenters. The number of H-pyrrole nitrogens is 1. The smallest absolute Gasteiger partial charge is 0.111 e. The fourth-order valence-corrected chi connectivity index (χ4v) is 2.87. The van der Waals surface area contributed by atoms with Crippen molar-refractivity contribution in [2.45, 2.75) is 18.8 Å². The highest BCUT2D eigenvalue weighted by Crippen LogP contribution is 2.29. The van der Waals surface area contributed by atoms with E-state index in [4.69, 9.17) is 5.73 Å². The molecule has 1 aromatic heterocycles. The van der Waals surface area contributed by atoms with Crippen molar-refractivity contribution in [2.24, 2.45) is 11.7 Å². The maximum Gasteiger partial charge on any atom is 0.111 e. The van der Waals surface area contributed by atoms with Crippen molar-refractivity contribution in [1.29, 1.82) is 0 Å². The summed E-state index contributed by atoms with van der Waals surface area (Å²) in [4.78, 5) is 10.0. The molecule has 0 aromatic carbocycles. The fourth-order valence-electron chi connectivity index (χ4n) is 2.56. The zero-order valence-electron chi connectivity index (χ0n) is 9.62. The van der Waals surface area contributed by atoms with E-state index in [9.17, 15) is 0 Å². The van der Waals surface area contributed by atoms with Gasteiger partial charge in [0.2, 0.25) is 0 Å². The van der Waals surface area contributed by atoms with Crippen molar-refractivity contribution in [1.82, 2.24) is 14.9 Å². The average molecular weight is 287 g/mol. The SMILES string of the molecule is CN1CCCC(C(CN)c2ncc(Br)[nH]2)C1. The van der Waals surface area contributed by atoms with Crippen molar-refractivity contribution < 1.29 is 0 Å². The van der Waals surface area contributed by atoms with Crippen LogP contribution in [0.15, 0.2) is 10.8 Å². The lowest BCUT2D eigenvalue weighted by molar-refractivity contribution is 0.186. The molecule has 4 nitrogen and oxygen atoms in total. The summed E-state index contributed by atoms with van der Waals surface area (Å²) in [6.07, 6.45) is 4.33. The Labute approximate surface area is 105 Å². The first kappa shape index (κ1) is 12.1. The van der Waals surface area contributed by atoms with Gasteiger partial charge in [-0.2, -0.15) is 0 Å². The number of nitrogens with zero attached hydrogens (tertiary/aromatic N) is 2. The molecule has 2 heterocycles. The molecule has 0 aliphatic carbocycles. The monoisotopic (exact) mass is 286 g/mol. The van der Waals surface area contributed by atoms with Crippen LogP contribution in [0.2, 0.25) is 0 Å². The molecule has 2 atom stereocenters. The Balaban J connectivity index is 2.09. The quantitative estimate of drug-likeness (QED) is 0.887.